The number of benzene rings is 1. The largest absolute Gasteiger partial charge is 0.397 e. The topological polar surface area (TPSA) is 77.8 Å². The number of anilines is 2. The highest BCUT2D eigenvalue weighted by Gasteiger charge is 2.03. The Labute approximate surface area is 100 Å². The first-order valence-electron chi connectivity index (χ1n) is 4.67. The van der Waals surface area contributed by atoms with Crippen LogP contribution in [0.15, 0.2) is 36.5 Å². The predicted octanol–water partition coefficient (Wildman–Crippen LogP) is 1.65. The summed E-state index contributed by atoms with van der Waals surface area (Å²) in [6.07, 6.45) is 2.30. The molecule has 0 fully saturated rings. The fraction of sp³-hybridized carbons (Fsp3) is 0.0909. The van der Waals surface area contributed by atoms with Crippen LogP contribution < -0.4 is 11.5 Å². The van der Waals surface area contributed by atoms with E-state index in [0.29, 0.717) is 17.8 Å². The number of hydrogen-bond donors (Lipinski definition) is 2. The zero-order valence-electron chi connectivity index (χ0n) is 8.63. The Morgan fingerprint density at radius 1 is 1.06 bits per heavy atom. The van der Waals surface area contributed by atoms with Crippen molar-refractivity contribution in [3.8, 4) is 0 Å². The van der Waals surface area contributed by atoms with Gasteiger partial charge < -0.3 is 11.5 Å². The van der Waals surface area contributed by atoms with Gasteiger partial charge in [-0.05, 0) is 23.8 Å². The molecule has 0 bridgehead atoms. The summed E-state index contributed by atoms with van der Waals surface area (Å²) in [5, 5.41) is 7.81. The first kappa shape index (κ1) is 12.3. The molecule has 0 aliphatic carbocycles. The molecule has 0 amide bonds. The lowest BCUT2D eigenvalue weighted by Gasteiger charge is -2.06. The van der Waals surface area contributed by atoms with Gasteiger partial charge in [0, 0.05) is 12.6 Å². The second-order valence-electron chi connectivity index (χ2n) is 3.31. The summed E-state index contributed by atoms with van der Waals surface area (Å²) in [5.41, 5.74) is 14.7. The predicted molar refractivity (Wildman–Crippen MR) is 67.4 cm³/mol. The molecule has 1 aromatic heterocycles. The minimum absolute atomic E-state index is 0. The first-order chi connectivity index (χ1) is 7.27. The van der Waals surface area contributed by atoms with Crippen LogP contribution in [0.4, 0.5) is 11.4 Å². The average molecular weight is 237 g/mol. The van der Waals surface area contributed by atoms with E-state index in [1.807, 2.05) is 24.3 Å². The van der Waals surface area contributed by atoms with Crippen LogP contribution in [0.1, 0.15) is 11.3 Å². The highest BCUT2D eigenvalue weighted by Crippen LogP contribution is 2.21. The second-order valence-corrected chi connectivity index (χ2v) is 3.31. The van der Waals surface area contributed by atoms with E-state index in [2.05, 4.69) is 10.2 Å². The molecule has 2 rings (SSSR count). The van der Waals surface area contributed by atoms with Crippen molar-refractivity contribution in [2.75, 3.05) is 11.5 Å². The van der Waals surface area contributed by atoms with Crippen molar-refractivity contribution in [1.82, 2.24) is 10.2 Å². The lowest BCUT2D eigenvalue weighted by molar-refractivity contribution is 0.938. The average Bonchev–Trinajstić information content (AvgIpc) is 2.26. The number of rotatable bonds is 2. The summed E-state index contributed by atoms with van der Waals surface area (Å²) in [4.78, 5) is 0. The van der Waals surface area contributed by atoms with E-state index in [9.17, 15) is 0 Å². The van der Waals surface area contributed by atoms with Crippen molar-refractivity contribution >= 4 is 23.8 Å². The number of nitrogen functional groups attached to an aromatic ring is 2. The molecule has 0 saturated heterocycles. The fourth-order valence-electron chi connectivity index (χ4n) is 1.41. The van der Waals surface area contributed by atoms with Gasteiger partial charge >= 0.3 is 0 Å². The maximum absolute atomic E-state index is 5.86. The van der Waals surface area contributed by atoms with E-state index >= 15 is 0 Å². The van der Waals surface area contributed by atoms with Crippen molar-refractivity contribution < 1.29 is 0 Å². The van der Waals surface area contributed by atoms with Crippen LogP contribution in [0.5, 0.6) is 0 Å². The van der Waals surface area contributed by atoms with Crippen molar-refractivity contribution in [2.24, 2.45) is 0 Å². The molecule has 0 unspecified atom stereocenters. The van der Waals surface area contributed by atoms with Gasteiger partial charge in [0.1, 0.15) is 0 Å². The number of aromatic nitrogens is 2. The Bertz CT molecular complexity index is 459. The maximum Gasteiger partial charge on any atom is 0.0675 e. The zero-order valence-corrected chi connectivity index (χ0v) is 9.45. The Morgan fingerprint density at radius 2 is 1.88 bits per heavy atom. The van der Waals surface area contributed by atoms with Gasteiger partial charge in [0.25, 0.3) is 0 Å². The van der Waals surface area contributed by atoms with Crippen molar-refractivity contribution in [3.63, 3.8) is 0 Å². The van der Waals surface area contributed by atoms with Crippen LogP contribution in [0.2, 0.25) is 0 Å². The van der Waals surface area contributed by atoms with Crippen LogP contribution in [0.25, 0.3) is 0 Å². The van der Waals surface area contributed by atoms with Gasteiger partial charge in [0.05, 0.1) is 17.1 Å². The molecule has 2 aromatic rings. The normalized spacial score (nSPS) is 9.50. The number of para-hydroxylation sites is 1. The van der Waals surface area contributed by atoms with Crippen molar-refractivity contribution in [2.45, 2.75) is 6.42 Å². The molecule has 84 valence electrons. The monoisotopic (exact) mass is 236 g/mol. The van der Waals surface area contributed by atoms with Crippen LogP contribution >= 0.6 is 12.4 Å². The third-order valence-electron chi connectivity index (χ3n) is 2.23. The lowest BCUT2D eigenvalue weighted by atomic mass is 10.1. The molecule has 4 nitrogen and oxygen atoms in total. The minimum Gasteiger partial charge on any atom is -0.397 e. The molecule has 5 heteroatoms. The molecule has 0 aliphatic heterocycles. The van der Waals surface area contributed by atoms with E-state index in [1.165, 1.54) is 0 Å². The van der Waals surface area contributed by atoms with Gasteiger partial charge in [-0.3, -0.25) is 0 Å². The Morgan fingerprint density at radius 3 is 2.56 bits per heavy atom. The highest BCUT2D eigenvalue weighted by molar-refractivity contribution is 5.85. The Kier molecular flexibility index (Phi) is 4.08. The molecule has 1 aromatic carbocycles. The summed E-state index contributed by atoms with van der Waals surface area (Å²) in [6, 6.07) is 9.38. The molecule has 0 atom stereocenters. The zero-order chi connectivity index (χ0) is 10.7. The summed E-state index contributed by atoms with van der Waals surface area (Å²) < 4.78 is 0. The summed E-state index contributed by atoms with van der Waals surface area (Å²) >= 11 is 0. The van der Waals surface area contributed by atoms with E-state index in [0.717, 1.165) is 11.3 Å². The third kappa shape index (κ3) is 2.61. The van der Waals surface area contributed by atoms with Gasteiger partial charge in [0.2, 0.25) is 0 Å². The highest BCUT2D eigenvalue weighted by atomic mass is 35.5. The van der Waals surface area contributed by atoms with E-state index in [1.54, 1.807) is 12.3 Å². The van der Waals surface area contributed by atoms with Gasteiger partial charge in [-0.15, -0.1) is 12.4 Å². The molecular weight excluding hydrogens is 224 g/mol. The van der Waals surface area contributed by atoms with E-state index in [4.69, 9.17) is 11.5 Å². The van der Waals surface area contributed by atoms with Crippen LogP contribution in [-0.4, -0.2) is 10.2 Å². The number of halogens is 1. The van der Waals surface area contributed by atoms with E-state index < -0.39 is 0 Å². The van der Waals surface area contributed by atoms with Crippen molar-refractivity contribution in [1.29, 1.82) is 0 Å². The van der Waals surface area contributed by atoms with Gasteiger partial charge in [-0.1, -0.05) is 12.1 Å². The second kappa shape index (κ2) is 5.32. The fourth-order valence-corrected chi connectivity index (χ4v) is 1.41. The van der Waals surface area contributed by atoms with Crippen LogP contribution in [0.3, 0.4) is 0 Å². The molecule has 16 heavy (non-hydrogen) atoms. The quantitative estimate of drug-likeness (QED) is 0.778. The molecule has 1 heterocycles. The van der Waals surface area contributed by atoms with Crippen LogP contribution in [0, 0.1) is 0 Å². The van der Waals surface area contributed by atoms with Crippen molar-refractivity contribution in [3.05, 3.63) is 47.8 Å². The number of nitrogens with two attached hydrogens (primary N) is 2. The summed E-state index contributed by atoms with van der Waals surface area (Å²) in [5.74, 6) is 0. The maximum atomic E-state index is 5.86. The third-order valence-corrected chi connectivity index (χ3v) is 2.23. The van der Waals surface area contributed by atoms with E-state index in [-0.39, 0.29) is 12.4 Å². The van der Waals surface area contributed by atoms with Crippen LogP contribution in [-0.2, 0) is 6.42 Å². The Hall–Kier alpha value is -1.81. The molecule has 4 N–H and O–H groups in total. The lowest BCUT2D eigenvalue weighted by Crippen LogP contribution is -2.01. The first-order valence-corrected chi connectivity index (χ1v) is 4.67. The van der Waals surface area contributed by atoms with Gasteiger partial charge in [-0.2, -0.15) is 10.2 Å². The molecule has 0 spiro atoms. The molecule has 0 radical (unpaired) electrons. The molecule has 0 aliphatic rings. The standard InChI is InChI=1S/C11H12N4.ClH/c12-10-5-1-3-8(11(10)13)7-9-4-2-6-14-15-9;/h1-6H,7,12-13H2;1H. The van der Waals surface area contributed by atoms with Gasteiger partial charge in [0.15, 0.2) is 0 Å². The number of hydrogen-bond acceptors (Lipinski definition) is 4. The Balaban J connectivity index is 0.00000128. The molecular formula is C11H13ClN4. The summed E-state index contributed by atoms with van der Waals surface area (Å²) in [7, 11) is 0. The SMILES string of the molecule is Cl.Nc1cccc(Cc2cccnn2)c1N. The molecule has 0 saturated carbocycles. The number of nitrogens with zero attached hydrogens (tertiary/aromatic N) is 2. The minimum atomic E-state index is 0. The van der Waals surface area contributed by atoms with Gasteiger partial charge in [-0.25, -0.2) is 0 Å². The summed E-state index contributed by atoms with van der Waals surface area (Å²) in [6.45, 7) is 0. The smallest absolute Gasteiger partial charge is 0.0675 e.